The van der Waals surface area contributed by atoms with E-state index in [9.17, 15) is 4.79 Å². The van der Waals surface area contributed by atoms with Crippen LogP contribution in [0.25, 0.3) is 0 Å². The molecule has 0 bridgehead atoms. The van der Waals surface area contributed by atoms with Crippen molar-refractivity contribution >= 4 is 29.0 Å². The van der Waals surface area contributed by atoms with Crippen molar-refractivity contribution in [1.82, 2.24) is 5.32 Å². The summed E-state index contributed by atoms with van der Waals surface area (Å²) in [5.74, 6) is 0.689. The second-order valence-electron chi connectivity index (χ2n) is 2.61. The lowest BCUT2D eigenvalue weighted by molar-refractivity contribution is -0.118. The van der Waals surface area contributed by atoms with Crippen LogP contribution >= 0.6 is 23.1 Å². The Bertz CT molecular complexity index is 246. The molecule has 0 aliphatic carbocycles. The molecule has 0 atom stereocenters. The van der Waals surface area contributed by atoms with Gasteiger partial charge in [-0.15, -0.1) is 11.3 Å². The van der Waals surface area contributed by atoms with E-state index in [1.807, 2.05) is 12.3 Å². The molecule has 0 saturated carbocycles. The van der Waals surface area contributed by atoms with Crippen LogP contribution in [0.15, 0.2) is 17.5 Å². The van der Waals surface area contributed by atoms with Crippen LogP contribution < -0.4 is 5.32 Å². The molecule has 0 radical (unpaired) electrons. The minimum atomic E-state index is 0.129. The van der Waals surface area contributed by atoms with Crippen molar-refractivity contribution in [2.24, 2.45) is 0 Å². The molecule has 0 saturated heterocycles. The number of thioether (sulfide) groups is 1. The average molecular weight is 215 g/mol. The number of thiophene rings is 1. The van der Waals surface area contributed by atoms with Crippen LogP contribution in [0.1, 0.15) is 4.88 Å². The predicted octanol–water partition coefficient (Wildman–Crippen LogP) is 1.77. The summed E-state index contributed by atoms with van der Waals surface area (Å²) in [6.07, 6.45) is 2.87. The third-order valence-electron chi connectivity index (χ3n) is 1.55. The fourth-order valence-electron chi connectivity index (χ4n) is 0.962. The summed E-state index contributed by atoms with van der Waals surface area (Å²) < 4.78 is 0. The zero-order chi connectivity index (χ0) is 9.52. The normalized spacial score (nSPS) is 9.92. The summed E-state index contributed by atoms with van der Waals surface area (Å²) in [5.41, 5.74) is 0. The maximum atomic E-state index is 11.0. The quantitative estimate of drug-likeness (QED) is 0.811. The Morgan fingerprint density at radius 1 is 1.69 bits per heavy atom. The van der Waals surface area contributed by atoms with Gasteiger partial charge in [0.1, 0.15) is 0 Å². The van der Waals surface area contributed by atoms with Gasteiger partial charge in [0.2, 0.25) is 5.91 Å². The van der Waals surface area contributed by atoms with E-state index in [-0.39, 0.29) is 5.91 Å². The van der Waals surface area contributed by atoms with Gasteiger partial charge in [0.05, 0.1) is 5.75 Å². The van der Waals surface area contributed by atoms with Crippen molar-refractivity contribution in [2.75, 3.05) is 18.6 Å². The number of hydrogen-bond acceptors (Lipinski definition) is 3. The SMILES string of the molecule is CSCC(=O)NCCc1cccs1. The van der Waals surface area contributed by atoms with Gasteiger partial charge < -0.3 is 5.32 Å². The Morgan fingerprint density at radius 2 is 2.54 bits per heavy atom. The van der Waals surface area contributed by atoms with Gasteiger partial charge in [-0.05, 0) is 24.1 Å². The first-order valence-corrected chi connectivity index (χ1v) is 6.38. The molecule has 0 aromatic carbocycles. The zero-order valence-corrected chi connectivity index (χ0v) is 9.21. The third kappa shape index (κ3) is 4.33. The number of carbonyl (C=O) groups excluding carboxylic acids is 1. The van der Waals surface area contributed by atoms with Gasteiger partial charge in [0, 0.05) is 11.4 Å². The molecule has 0 aliphatic rings. The van der Waals surface area contributed by atoms with Gasteiger partial charge in [-0.1, -0.05) is 6.07 Å². The summed E-state index contributed by atoms with van der Waals surface area (Å²) in [7, 11) is 0. The largest absolute Gasteiger partial charge is 0.355 e. The van der Waals surface area contributed by atoms with Crippen LogP contribution in [-0.2, 0) is 11.2 Å². The van der Waals surface area contributed by atoms with Gasteiger partial charge in [-0.2, -0.15) is 11.8 Å². The highest BCUT2D eigenvalue weighted by Gasteiger charge is 1.98. The number of hydrogen-bond donors (Lipinski definition) is 1. The first-order valence-electron chi connectivity index (χ1n) is 4.11. The topological polar surface area (TPSA) is 29.1 Å². The molecule has 13 heavy (non-hydrogen) atoms. The van der Waals surface area contributed by atoms with Crippen LogP contribution in [0.3, 0.4) is 0 Å². The Labute approximate surface area is 86.7 Å². The van der Waals surface area contributed by atoms with E-state index in [2.05, 4.69) is 16.8 Å². The molecule has 4 heteroatoms. The standard InChI is InChI=1S/C9H13NOS2/c1-12-7-9(11)10-5-4-8-3-2-6-13-8/h2-3,6H,4-5,7H2,1H3,(H,10,11). The highest BCUT2D eigenvalue weighted by molar-refractivity contribution is 7.99. The lowest BCUT2D eigenvalue weighted by atomic mass is 10.3. The zero-order valence-electron chi connectivity index (χ0n) is 7.58. The molecule has 1 aromatic heterocycles. The maximum Gasteiger partial charge on any atom is 0.229 e. The Balaban J connectivity index is 2.11. The number of carbonyl (C=O) groups is 1. The van der Waals surface area contributed by atoms with Crippen LogP contribution in [0.2, 0.25) is 0 Å². The minimum absolute atomic E-state index is 0.129. The van der Waals surface area contributed by atoms with Gasteiger partial charge in [-0.3, -0.25) is 4.79 Å². The van der Waals surface area contributed by atoms with Crippen molar-refractivity contribution in [1.29, 1.82) is 0 Å². The summed E-state index contributed by atoms with van der Waals surface area (Å²) in [6, 6.07) is 4.12. The van der Waals surface area contributed by atoms with E-state index in [1.54, 1.807) is 23.1 Å². The van der Waals surface area contributed by atoms with E-state index < -0.39 is 0 Å². The predicted molar refractivity (Wildman–Crippen MR) is 59.4 cm³/mol. The molecule has 0 aliphatic heterocycles. The highest BCUT2D eigenvalue weighted by Crippen LogP contribution is 2.07. The highest BCUT2D eigenvalue weighted by atomic mass is 32.2. The van der Waals surface area contributed by atoms with Crippen LogP contribution in [0.5, 0.6) is 0 Å². The Hall–Kier alpha value is -0.480. The van der Waals surface area contributed by atoms with E-state index in [4.69, 9.17) is 0 Å². The van der Waals surface area contributed by atoms with Crippen molar-refractivity contribution < 1.29 is 4.79 Å². The third-order valence-corrected chi connectivity index (χ3v) is 3.04. The summed E-state index contributed by atoms with van der Waals surface area (Å²) in [5, 5.41) is 4.92. The smallest absolute Gasteiger partial charge is 0.229 e. The minimum Gasteiger partial charge on any atom is -0.355 e. The molecule has 72 valence electrons. The number of amides is 1. The van der Waals surface area contributed by atoms with E-state index in [0.717, 1.165) is 13.0 Å². The van der Waals surface area contributed by atoms with E-state index >= 15 is 0 Å². The first kappa shape index (κ1) is 10.6. The van der Waals surface area contributed by atoms with Crippen molar-refractivity contribution in [2.45, 2.75) is 6.42 Å². The van der Waals surface area contributed by atoms with E-state index in [1.165, 1.54) is 4.88 Å². The summed E-state index contributed by atoms with van der Waals surface area (Å²) >= 11 is 3.28. The van der Waals surface area contributed by atoms with Crippen molar-refractivity contribution in [3.05, 3.63) is 22.4 Å². The number of nitrogens with one attached hydrogen (secondary N) is 1. The molecular formula is C9H13NOS2. The van der Waals surface area contributed by atoms with Crippen LogP contribution in [0.4, 0.5) is 0 Å². The molecule has 0 unspecified atom stereocenters. The van der Waals surface area contributed by atoms with Gasteiger partial charge in [-0.25, -0.2) is 0 Å². The average Bonchev–Trinajstić information content (AvgIpc) is 2.57. The van der Waals surface area contributed by atoms with E-state index in [0.29, 0.717) is 5.75 Å². The molecular weight excluding hydrogens is 202 g/mol. The molecule has 0 spiro atoms. The molecule has 2 nitrogen and oxygen atoms in total. The number of rotatable bonds is 5. The van der Waals surface area contributed by atoms with Gasteiger partial charge in [0.15, 0.2) is 0 Å². The van der Waals surface area contributed by atoms with Gasteiger partial charge >= 0.3 is 0 Å². The second-order valence-corrected chi connectivity index (χ2v) is 4.51. The summed E-state index contributed by atoms with van der Waals surface area (Å²) in [6.45, 7) is 0.750. The fraction of sp³-hybridized carbons (Fsp3) is 0.444. The first-order chi connectivity index (χ1) is 6.33. The summed E-state index contributed by atoms with van der Waals surface area (Å²) in [4.78, 5) is 12.4. The molecule has 1 heterocycles. The van der Waals surface area contributed by atoms with Crippen LogP contribution in [-0.4, -0.2) is 24.5 Å². The lowest BCUT2D eigenvalue weighted by Gasteiger charge is -2.01. The van der Waals surface area contributed by atoms with Gasteiger partial charge in [0.25, 0.3) is 0 Å². The lowest BCUT2D eigenvalue weighted by Crippen LogP contribution is -2.26. The fourth-order valence-corrected chi connectivity index (χ4v) is 2.04. The maximum absolute atomic E-state index is 11.0. The Kier molecular flexibility index (Phi) is 4.93. The van der Waals surface area contributed by atoms with Crippen LogP contribution in [0, 0.1) is 0 Å². The second kappa shape index (κ2) is 6.05. The molecule has 0 fully saturated rings. The monoisotopic (exact) mass is 215 g/mol. The molecule has 1 rings (SSSR count). The Morgan fingerprint density at radius 3 is 3.15 bits per heavy atom. The molecule has 1 N–H and O–H groups in total. The van der Waals surface area contributed by atoms with Crippen molar-refractivity contribution in [3.8, 4) is 0 Å². The van der Waals surface area contributed by atoms with Crippen molar-refractivity contribution in [3.63, 3.8) is 0 Å². The molecule has 1 aromatic rings. The molecule has 1 amide bonds.